The first kappa shape index (κ1) is 17.2. The Morgan fingerprint density at radius 2 is 1.81 bits per heavy atom. The number of aromatic nitrogens is 1. The number of rotatable bonds is 3. The molecule has 0 saturated carbocycles. The molecule has 1 aromatic heterocycles. The van der Waals surface area contributed by atoms with Gasteiger partial charge in [-0.1, -0.05) is 28.1 Å². The van der Waals surface area contributed by atoms with Gasteiger partial charge in [-0.15, -0.1) is 0 Å². The lowest BCUT2D eigenvalue weighted by atomic mass is 10.1. The van der Waals surface area contributed by atoms with E-state index in [1.54, 1.807) is 18.3 Å². The van der Waals surface area contributed by atoms with Crippen molar-refractivity contribution >= 4 is 39.2 Å². The van der Waals surface area contributed by atoms with Gasteiger partial charge in [-0.2, -0.15) is 0 Å². The van der Waals surface area contributed by atoms with Crippen molar-refractivity contribution in [3.63, 3.8) is 0 Å². The zero-order valence-electron chi connectivity index (χ0n) is 14.2. The molecular formula is C19H19BrN4O2. The van der Waals surface area contributed by atoms with Crippen molar-refractivity contribution in [1.29, 1.82) is 0 Å². The molecule has 0 radical (unpaired) electrons. The van der Waals surface area contributed by atoms with Crippen LogP contribution in [0.15, 0.2) is 53.1 Å². The first-order valence-electron chi connectivity index (χ1n) is 8.66. The molecule has 2 saturated heterocycles. The van der Waals surface area contributed by atoms with Crippen LogP contribution >= 0.6 is 15.9 Å². The lowest BCUT2D eigenvalue weighted by Gasteiger charge is -2.37. The lowest BCUT2D eigenvalue weighted by Crippen LogP contribution is -2.52. The fraction of sp³-hybridized carbons (Fsp3) is 0.316. The number of hydrogen-bond donors (Lipinski definition) is 0. The fourth-order valence-electron chi connectivity index (χ4n) is 3.59. The summed E-state index contributed by atoms with van der Waals surface area (Å²) in [5.41, 5.74) is 0.629. The minimum Gasteiger partial charge on any atom is -0.354 e. The van der Waals surface area contributed by atoms with Crippen molar-refractivity contribution < 1.29 is 9.59 Å². The number of pyridine rings is 1. The number of piperazine rings is 1. The van der Waals surface area contributed by atoms with Gasteiger partial charge in [0, 0.05) is 36.8 Å². The van der Waals surface area contributed by atoms with Crippen molar-refractivity contribution in [3.05, 3.63) is 53.1 Å². The predicted octanol–water partition coefficient (Wildman–Crippen LogP) is 2.30. The van der Waals surface area contributed by atoms with Crippen LogP contribution in [0.5, 0.6) is 0 Å². The number of hydrogen-bond acceptors (Lipinski definition) is 5. The average molecular weight is 415 g/mol. The summed E-state index contributed by atoms with van der Waals surface area (Å²) in [5.74, 6) is 0.696. The molecule has 2 aliphatic rings. The lowest BCUT2D eigenvalue weighted by molar-refractivity contribution is -0.123. The van der Waals surface area contributed by atoms with Gasteiger partial charge in [-0.25, -0.2) is 9.88 Å². The number of amides is 2. The Kier molecular flexibility index (Phi) is 4.74. The summed E-state index contributed by atoms with van der Waals surface area (Å²) >= 11 is 3.40. The number of benzene rings is 1. The Morgan fingerprint density at radius 1 is 1.00 bits per heavy atom. The summed E-state index contributed by atoms with van der Waals surface area (Å²) in [6, 6.07) is 12.8. The number of halogens is 1. The number of carbonyl (C=O) groups excluding carboxylic acids is 2. The van der Waals surface area contributed by atoms with Crippen molar-refractivity contribution in [2.24, 2.45) is 0 Å². The molecule has 26 heavy (non-hydrogen) atoms. The van der Waals surface area contributed by atoms with E-state index >= 15 is 0 Å². The molecule has 4 rings (SSSR count). The molecule has 3 heterocycles. The summed E-state index contributed by atoms with van der Waals surface area (Å²) in [7, 11) is 0. The fourth-order valence-corrected chi connectivity index (χ4v) is 3.98. The first-order chi connectivity index (χ1) is 12.6. The third-order valence-electron chi connectivity index (χ3n) is 4.92. The maximum Gasteiger partial charge on any atom is 0.251 e. The third-order valence-corrected chi connectivity index (χ3v) is 5.41. The maximum atomic E-state index is 12.9. The van der Waals surface area contributed by atoms with E-state index < -0.39 is 0 Å². The molecular weight excluding hydrogens is 396 g/mol. The van der Waals surface area contributed by atoms with Gasteiger partial charge in [0.2, 0.25) is 5.91 Å². The van der Waals surface area contributed by atoms with E-state index in [0.29, 0.717) is 5.69 Å². The van der Waals surface area contributed by atoms with Crippen LogP contribution in [0.3, 0.4) is 0 Å². The third kappa shape index (κ3) is 3.24. The highest BCUT2D eigenvalue weighted by Crippen LogP contribution is 2.28. The highest BCUT2D eigenvalue weighted by atomic mass is 79.9. The predicted molar refractivity (Wildman–Crippen MR) is 103 cm³/mol. The Labute approximate surface area is 160 Å². The summed E-state index contributed by atoms with van der Waals surface area (Å²) in [5, 5.41) is 0. The van der Waals surface area contributed by atoms with Crippen LogP contribution < -0.4 is 9.80 Å². The molecule has 2 aromatic rings. The van der Waals surface area contributed by atoms with Gasteiger partial charge in [-0.3, -0.25) is 14.5 Å². The molecule has 6 nitrogen and oxygen atoms in total. The Hall–Kier alpha value is -2.25. The van der Waals surface area contributed by atoms with Gasteiger partial charge in [-0.05, 0) is 30.3 Å². The summed E-state index contributed by atoms with van der Waals surface area (Å²) < 4.78 is 0.850. The molecule has 134 valence electrons. The van der Waals surface area contributed by atoms with E-state index in [2.05, 4.69) is 30.7 Å². The van der Waals surface area contributed by atoms with Gasteiger partial charge >= 0.3 is 0 Å². The Balaban J connectivity index is 1.45. The smallest absolute Gasteiger partial charge is 0.251 e. The van der Waals surface area contributed by atoms with Crippen LogP contribution in [0.4, 0.5) is 11.5 Å². The van der Waals surface area contributed by atoms with Crippen LogP contribution in [-0.2, 0) is 9.59 Å². The number of imide groups is 1. The molecule has 0 N–H and O–H groups in total. The molecule has 7 heteroatoms. The van der Waals surface area contributed by atoms with Crippen LogP contribution in [0, 0.1) is 0 Å². The van der Waals surface area contributed by atoms with E-state index in [-0.39, 0.29) is 24.3 Å². The molecule has 0 bridgehead atoms. The minimum absolute atomic E-state index is 0.126. The van der Waals surface area contributed by atoms with Crippen molar-refractivity contribution in [2.45, 2.75) is 12.5 Å². The number of nitrogens with zero attached hydrogens (tertiary/aromatic N) is 4. The van der Waals surface area contributed by atoms with E-state index in [1.165, 1.54) is 4.90 Å². The van der Waals surface area contributed by atoms with Crippen molar-refractivity contribution in [2.75, 3.05) is 36.0 Å². The Bertz CT molecular complexity index is 821. The van der Waals surface area contributed by atoms with Gasteiger partial charge in [0.1, 0.15) is 5.82 Å². The Morgan fingerprint density at radius 3 is 2.50 bits per heavy atom. The van der Waals surface area contributed by atoms with Gasteiger partial charge in [0.05, 0.1) is 18.2 Å². The minimum atomic E-state index is -0.368. The number of carbonyl (C=O) groups is 2. The van der Waals surface area contributed by atoms with E-state index in [0.717, 1.165) is 36.5 Å². The highest BCUT2D eigenvalue weighted by Gasteiger charge is 2.43. The second-order valence-corrected chi connectivity index (χ2v) is 7.39. The van der Waals surface area contributed by atoms with Gasteiger partial charge < -0.3 is 4.90 Å². The SMILES string of the molecule is O=C1C[C@@H](N2CCN(c3ccccn3)CC2)C(=O)N1c1cccc(Br)c1. The normalized spacial score (nSPS) is 21.5. The van der Waals surface area contributed by atoms with Gasteiger partial charge in [0.25, 0.3) is 5.91 Å². The molecule has 0 spiro atoms. The molecule has 1 aromatic carbocycles. The van der Waals surface area contributed by atoms with Crippen LogP contribution in [0.1, 0.15) is 6.42 Å². The van der Waals surface area contributed by atoms with Crippen LogP contribution in [0.25, 0.3) is 0 Å². The second kappa shape index (κ2) is 7.17. The van der Waals surface area contributed by atoms with Crippen molar-refractivity contribution in [3.8, 4) is 0 Å². The van der Waals surface area contributed by atoms with E-state index in [4.69, 9.17) is 0 Å². The van der Waals surface area contributed by atoms with E-state index in [1.807, 2.05) is 30.3 Å². The molecule has 0 aliphatic carbocycles. The molecule has 0 unspecified atom stereocenters. The first-order valence-corrected chi connectivity index (χ1v) is 9.45. The maximum absolute atomic E-state index is 12.9. The van der Waals surface area contributed by atoms with Gasteiger partial charge in [0.15, 0.2) is 0 Å². The van der Waals surface area contributed by atoms with Crippen LogP contribution in [0.2, 0.25) is 0 Å². The zero-order chi connectivity index (χ0) is 18.1. The molecule has 2 fully saturated rings. The summed E-state index contributed by atoms with van der Waals surface area (Å²) in [4.78, 5) is 35.4. The largest absolute Gasteiger partial charge is 0.354 e. The average Bonchev–Trinajstić information content (AvgIpc) is 2.97. The summed E-state index contributed by atoms with van der Waals surface area (Å²) in [6.07, 6.45) is 2.03. The monoisotopic (exact) mass is 414 g/mol. The van der Waals surface area contributed by atoms with E-state index in [9.17, 15) is 9.59 Å². The number of anilines is 2. The zero-order valence-corrected chi connectivity index (χ0v) is 15.8. The van der Waals surface area contributed by atoms with Crippen LogP contribution in [-0.4, -0.2) is 53.9 Å². The second-order valence-electron chi connectivity index (χ2n) is 6.48. The highest BCUT2D eigenvalue weighted by molar-refractivity contribution is 9.10. The quantitative estimate of drug-likeness (QED) is 0.721. The molecule has 2 amide bonds. The molecule has 1 atom stereocenters. The van der Waals surface area contributed by atoms with Crippen molar-refractivity contribution in [1.82, 2.24) is 9.88 Å². The molecule has 2 aliphatic heterocycles. The standard InChI is InChI=1S/C19H19BrN4O2/c20-14-4-3-5-15(12-14)24-18(25)13-16(19(24)26)22-8-10-23(11-9-22)17-6-1-2-7-21-17/h1-7,12,16H,8-11,13H2/t16-/m1/s1. The topological polar surface area (TPSA) is 56.8 Å². The summed E-state index contributed by atoms with van der Waals surface area (Å²) in [6.45, 7) is 3.08.